The molecule has 1 N–H and O–H groups in total. The Morgan fingerprint density at radius 1 is 1.31 bits per heavy atom. The number of nitrogens with zero attached hydrogens (tertiary/aromatic N) is 3. The maximum absolute atomic E-state index is 13.3. The van der Waals surface area contributed by atoms with Gasteiger partial charge in [-0.2, -0.15) is 5.26 Å². The first-order valence-corrected chi connectivity index (χ1v) is 7.92. The van der Waals surface area contributed by atoms with Gasteiger partial charge in [-0.25, -0.2) is 9.37 Å². The van der Waals surface area contributed by atoms with Crippen molar-refractivity contribution in [2.24, 2.45) is 0 Å². The van der Waals surface area contributed by atoms with E-state index in [4.69, 9.17) is 5.26 Å². The van der Waals surface area contributed by atoms with Crippen molar-refractivity contribution in [1.82, 2.24) is 14.9 Å². The Labute approximate surface area is 148 Å². The van der Waals surface area contributed by atoms with Crippen molar-refractivity contribution < 1.29 is 9.18 Å². The van der Waals surface area contributed by atoms with E-state index in [-0.39, 0.29) is 23.9 Å². The van der Waals surface area contributed by atoms with Crippen LogP contribution in [0.25, 0.3) is 10.9 Å². The Morgan fingerprint density at radius 2 is 2.04 bits per heavy atom. The fourth-order valence-corrected chi connectivity index (χ4v) is 2.62. The average molecular weight is 350 g/mol. The molecule has 0 aliphatic rings. The van der Waals surface area contributed by atoms with Crippen LogP contribution in [0.15, 0.2) is 53.6 Å². The molecule has 130 valence electrons. The highest BCUT2D eigenvalue weighted by atomic mass is 19.1. The van der Waals surface area contributed by atoms with Crippen LogP contribution in [0.5, 0.6) is 0 Å². The predicted molar refractivity (Wildman–Crippen MR) is 93.7 cm³/mol. The number of carbonyl (C=O) groups is 1. The molecule has 0 aliphatic heterocycles. The molecule has 6 nitrogen and oxygen atoms in total. The number of nitrogens with one attached hydrogen (secondary N) is 1. The van der Waals surface area contributed by atoms with Crippen LogP contribution in [0, 0.1) is 17.1 Å². The lowest BCUT2D eigenvalue weighted by atomic mass is 10.1. The zero-order valence-corrected chi connectivity index (χ0v) is 13.9. The van der Waals surface area contributed by atoms with Crippen LogP contribution < -0.4 is 10.9 Å². The van der Waals surface area contributed by atoms with E-state index in [0.717, 1.165) is 16.2 Å². The normalized spacial score (nSPS) is 11.7. The molecule has 1 unspecified atom stereocenters. The first-order valence-electron chi connectivity index (χ1n) is 7.92. The monoisotopic (exact) mass is 350 g/mol. The standard InChI is InChI=1S/C19H15FN4O2/c1-12(14-4-2-13(9-21)3-5-14)23-18(25)10-24-11-22-17-7-6-15(20)8-16(17)19(24)26/h2-8,11-12H,10H2,1H3,(H,23,25). The summed E-state index contributed by atoms with van der Waals surface area (Å²) in [6, 6.07) is 12.4. The Hall–Kier alpha value is -3.53. The summed E-state index contributed by atoms with van der Waals surface area (Å²) in [7, 11) is 0. The van der Waals surface area contributed by atoms with Crippen LogP contribution in [0.3, 0.4) is 0 Å². The number of fused-ring (bicyclic) bond motifs is 1. The summed E-state index contributed by atoms with van der Waals surface area (Å²) in [6.45, 7) is 1.58. The molecule has 1 heterocycles. The molecular weight excluding hydrogens is 335 g/mol. The highest BCUT2D eigenvalue weighted by Gasteiger charge is 2.12. The molecule has 0 fully saturated rings. The molecule has 1 atom stereocenters. The predicted octanol–water partition coefficient (Wildman–Crippen LogP) is 2.28. The van der Waals surface area contributed by atoms with E-state index in [1.807, 2.05) is 6.07 Å². The Bertz CT molecular complexity index is 1070. The molecule has 0 bridgehead atoms. The zero-order chi connectivity index (χ0) is 18.7. The van der Waals surface area contributed by atoms with E-state index < -0.39 is 11.4 Å². The first-order chi connectivity index (χ1) is 12.5. The van der Waals surface area contributed by atoms with Gasteiger partial charge in [0.25, 0.3) is 5.56 Å². The molecule has 0 saturated heterocycles. The number of nitriles is 1. The van der Waals surface area contributed by atoms with Crippen LogP contribution in [0.4, 0.5) is 4.39 Å². The average Bonchev–Trinajstić information content (AvgIpc) is 2.64. The van der Waals surface area contributed by atoms with E-state index in [0.29, 0.717) is 11.1 Å². The van der Waals surface area contributed by atoms with E-state index >= 15 is 0 Å². The second-order valence-corrected chi connectivity index (χ2v) is 5.86. The molecular formula is C19H15FN4O2. The van der Waals surface area contributed by atoms with Crippen LogP contribution >= 0.6 is 0 Å². The second-order valence-electron chi connectivity index (χ2n) is 5.86. The molecule has 1 aromatic heterocycles. The van der Waals surface area contributed by atoms with E-state index in [1.165, 1.54) is 18.5 Å². The van der Waals surface area contributed by atoms with Gasteiger partial charge in [-0.1, -0.05) is 12.1 Å². The number of aromatic nitrogens is 2. The second kappa shape index (κ2) is 7.15. The molecule has 3 rings (SSSR count). The minimum atomic E-state index is -0.534. The summed E-state index contributed by atoms with van der Waals surface area (Å²) in [4.78, 5) is 28.7. The third kappa shape index (κ3) is 3.59. The summed E-state index contributed by atoms with van der Waals surface area (Å²) in [5, 5.41) is 11.7. The number of hydrogen-bond donors (Lipinski definition) is 1. The topological polar surface area (TPSA) is 87.8 Å². The molecule has 0 aliphatic carbocycles. The van der Waals surface area contributed by atoms with Gasteiger partial charge in [-0.05, 0) is 42.8 Å². The van der Waals surface area contributed by atoms with Crippen LogP contribution in [-0.2, 0) is 11.3 Å². The molecule has 26 heavy (non-hydrogen) atoms. The maximum Gasteiger partial charge on any atom is 0.261 e. The highest BCUT2D eigenvalue weighted by Crippen LogP contribution is 2.13. The van der Waals surface area contributed by atoms with Crippen molar-refractivity contribution >= 4 is 16.8 Å². The Balaban J connectivity index is 1.75. The van der Waals surface area contributed by atoms with E-state index in [2.05, 4.69) is 10.3 Å². The van der Waals surface area contributed by atoms with Gasteiger partial charge in [0.15, 0.2) is 0 Å². The minimum Gasteiger partial charge on any atom is -0.348 e. The molecule has 3 aromatic rings. The SMILES string of the molecule is CC(NC(=O)Cn1cnc2ccc(F)cc2c1=O)c1ccc(C#N)cc1. The third-order valence-electron chi connectivity index (χ3n) is 4.02. The molecule has 2 aromatic carbocycles. The molecule has 0 radical (unpaired) electrons. The van der Waals surface area contributed by atoms with Crippen molar-refractivity contribution in [3.05, 3.63) is 76.1 Å². The van der Waals surface area contributed by atoms with Crippen LogP contribution in [-0.4, -0.2) is 15.5 Å². The van der Waals surface area contributed by atoms with Gasteiger partial charge in [0.05, 0.1) is 34.9 Å². The highest BCUT2D eigenvalue weighted by molar-refractivity contribution is 5.79. The van der Waals surface area contributed by atoms with Gasteiger partial charge >= 0.3 is 0 Å². The first kappa shape index (κ1) is 17.3. The van der Waals surface area contributed by atoms with Crippen molar-refractivity contribution in [3.8, 4) is 6.07 Å². The van der Waals surface area contributed by atoms with Gasteiger partial charge in [-0.3, -0.25) is 14.2 Å². The number of rotatable bonds is 4. The number of hydrogen-bond acceptors (Lipinski definition) is 4. The summed E-state index contributed by atoms with van der Waals surface area (Å²) >= 11 is 0. The molecule has 1 amide bonds. The van der Waals surface area contributed by atoms with Gasteiger partial charge < -0.3 is 5.32 Å². The zero-order valence-electron chi connectivity index (χ0n) is 13.9. The largest absolute Gasteiger partial charge is 0.348 e. The summed E-state index contributed by atoms with van der Waals surface area (Å²) < 4.78 is 14.5. The van der Waals surface area contributed by atoms with E-state index in [9.17, 15) is 14.0 Å². The number of halogens is 1. The third-order valence-corrected chi connectivity index (χ3v) is 4.02. The van der Waals surface area contributed by atoms with Gasteiger partial charge in [0, 0.05) is 0 Å². The Morgan fingerprint density at radius 3 is 2.73 bits per heavy atom. The van der Waals surface area contributed by atoms with Crippen molar-refractivity contribution in [1.29, 1.82) is 5.26 Å². The summed E-state index contributed by atoms with van der Waals surface area (Å²) in [6.07, 6.45) is 1.27. The number of carbonyl (C=O) groups excluding carboxylic acids is 1. The maximum atomic E-state index is 13.3. The molecule has 0 saturated carbocycles. The fraction of sp³-hybridized carbons (Fsp3) is 0.158. The lowest BCUT2D eigenvalue weighted by Gasteiger charge is -2.15. The lowest BCUT2D eigenvalue weighted by molar-refractivity contribution is -0.122. The van der Waals surface area contributed by atoms with E-state index in [1.54, 1.807) is 31.2 Å². The van der Waals surface area contributed by atoms with Crippen molar-refractivity contribution in [2.45, 2.75) is 19.5 Å². The molecule has 0 spiro atoms. The number of benzene rings is 2. The number of amides is 1. The fourth-order valence-electron chi connectivity index (χ4n) is 2.62. The van der Waals surface area contributed by atoms with Crippen molar-refractivity contribution in [3.63, 3.8) is 0 Å². The van der Waals surface area contributed by atoms with Gasteiger partial charge in [0.2, 0.25) is 5.91 Å². The minimum absolute atomic E-state index is 0.125. The lowest BCUT2D eigenvalue weighted by Crippen LogP contribution is -2.34. The summed E-state index contributed by atoms with van der Waals surface area (Å²) in [5.41, 5.74) is 1.27. The van der Waals surface area contributed by atoms with Crippen LogP contribution in [0.1, 0.15) is 24.1 Å². The van der Waals surface area contributed by atoms with Gasteiger partial charge in [-0.15, -0.1) is 0 Å². The smallest absolute Gasteiger partial charge is 0.261 e. The van der Waals surface area contributed by atoms with Crippen molar-refractivity contribution in [2.75, 3.05) is 0 Å². The molecule has 7 heteroatoms. The Kier molecular flexibility index (Phi) is 4.76. The quantitative estimate of drug-likeness (QED) is 0.782. The summed E-state index contributed by atoms with van der Waals surface area (Å²) in [5.74, 6) is -0.908. The van der Waals surface area contributed by atoms with Crippen LogP contribution in [0.2, 0.25) is 0 Å². The van der Waals surface area contributed by atoms with Gasteiger partial charge in [0.1, 0.15) is 12.4 Å².